The van der Waals surface area contributed by atoms with Crippen LogP contribution in [0.2, 0.25) is 0 Å². The molecule has 0 radical (unpaired) electrons. The van der Waals surface area contributed by atoms with Gasteiger partial charge in [0, 0.05) is 13.1 Å². The minimum Gasteiger partial charge on any atom is -0.369 e. The molecule has 64 valence electrons. The Bertz CT molecular complexity index is 154. The maximum Gasteiger partial charge on any atom is 0.0815 e. The van der Waals surface area contributed by atoms with Crippen molar-refractivity contribution in [1.29, 1.82) is 0 Å². The van der Waals surface area contributed by atoms with Crippen LogP contribution in [0.25, 0.3) is 0 Å². The predicted octanol–water partition coefficient (Wildman–Crippen LogP) is 1.26. The summed E-state index contributed by atoms with van der Waals surface area (Å²) in [6.45, 7) is 7.89. The second-order valence-corrected chi connectivity index (χ2v) is 3.94. The molecule has 1 atom stereocenters. The van der Waals surface area contributed by atoms with Crippen molar-refractivity contribution < 1.29 is 4.74 Å². The molecule has 0 aromatic rings. The molecule has 1 spiro atoms. The highest BCUT2D eigenvalue weighted by molar-refractivity contribution is 5.01. The molecule has 1 unspecified atom stereocenters. The molecule has 0 aromatic carbocycles. The number of ether oxygens (including phenoxy) is 1. The summed E-state index contributed by atoms with van der Waals surface area (Å²) in [5, 5.41) is 0. The lowest BCUT2D eigenvalue weighted by molar-refractivity contribution is -0.0916. The van der Waals surface area contributed by atoms with Gasteiger partial charge in [0.15, 0.2) is 0 Å². The highest BCUT2D eigenvalue weighted by Crippen LogP contribution is 2.43. The lowest BCUT2D eigenvalue weighted by Crippen LogP contribution is -2.47. The minimum absolute atomic E-state index is 0.299. The molecule has 1 aliphatic carbocycles. The van der Waals surface area contributed by atoms with Crippen molar-refractivity contribution in [2.45, 2.75) is 38.4 Å². The molecule has 0 N–H and O–H groups in total. The SMILES string of the molecule is CCN1CC(C)OC2(CC2)C1. The van der Waals surface area contributed by atoms with Gasteiger partial charge in [-0.1, -0.05) is 6.92 Å². The Morgan fingerprint density at radius 1 is 1.55 bits per heavy atom. The van der Waals surface area contributed by atoms with E-state index in [0.717, 1.165) is 6.54 Å². The Hall–Kier alpha value is -0.0800. The lowest BCUT2D eigenvalue weighted by atomic mass is 10.2. The van der Waals surface area contributed by atoms with E-state index in [2.05, 4.69) is 18.7 Å². The van der Waals surface area contributed by atoms with Gasteiger partial charge in [-0.25, -0.2) is 0 Å². The number of rotatable bonds is 1. The Kier molecular flexibility index (Phi) is 1.69. The third-order valence-corrected chi connectivity index (χ3v) is 2.73. The van der Waals surface area contributed by atoms with Gasteiger partial charge >= 0.3 is 0 Å². The fourth-order valence-electron chi connectivity index (χ4n) is 1.99. The van der Waals surface area contributed by atoms with Crippen molar-refractivity contribution >= 4 is 0 Å². The lowest BCUT2D eigenvalue weighted by Gasteiger charge is -2.36. The molecule has 0 bridgehead atoms. The zero-order valence-corrected chi connectivity index (χ0v) is 7.47. The van der Waals surface area contributed by atoms with Gasteiger partial charge < -0.3 is 4.74 Å². The van der Waals surface area contributed by atoms with Crippen LogP contribution in [0, 0.1) is 0 Å². The van der Waals surface area contributed by atoms with E-state index < -0.39 is 0 Å². The Balaban J connectivity index is 1.97. The molecule has 1 heterocycles. The maximum absolute atomic E-state index is 5.88. The minimum atomic E-state index is 0.299. The van der Waals surface area contributed by atoms with E-state index in [9.17, 15) is 0 Å². The van der Waals surface area contributed by atoms with Gasteiger partial charge in [-0.3, -0.25) is 4.90 Å². The Labute approximate surface area is 68.5 Å². The fourth-order valence-corrected chi connectivity index (χ4v) is 1.99. The number of hydrogen-bond donors (Lipinski definition) is 0. The molecule has 1 saturated carbocycles. The van der Waals surface area contributed by atoms with Crippen molar-refractivity contribution in [2.24, 2.45) is 0 Å². The first-order valence-corrected chi connectivity index (χ1v) is 4.64. The number of morpholine rings is 1. The predicted molar refractivity (Wildman–Crippen MR) is 44.6 cm³/mol. The van der Waals surface area contributed by atoms with Crippen LogP contribution in [0.3, 0.4) is 0 Å². The summed E-state index contributed by atoms with van der Waals surface area (Å²) >= 11 is 0. The van der Waals surface area contributed by atoms with Gasteiger partial charge in [0.25, 0.3) is 0 Å². The van der Waals surface area contributed by atoms with Crippen molar-refractivity contribution in [3.8, 4) is 0 Å². The average Bonchev–Trinajstić information content (AvgIpc) is 2.67. The zero-order chi connectivity index (χ0) is 7.90. The molecular formula is C9H17NO. The van der Waals surface area contributed by atoms with Crippen LogP contribution in [0.15, 0.2) is 0 Å². The van der Waals surface area contributed by atoms with Crippen LogP contribution in [-0.4, -0.2) is 36.2 Å². The third-order valence-electron chi connectivity index (χ3n) is 2.73. The summed E-state index contributed by atoms with van der Waals surface area (Å²) in [4.78, 5) is 2.50. The second kappa shape index (κ2) is 2.46. The highest BCUT2D eigenvalue weighted by Gasteiger charge is 2.48. The van der Waals surface area contributed by atoms with Gasteiger partial charge in [0.1, 0.15) is 0 Å². The molecule has 2 nitrogen and oxygen atoms in total. The van der Waals surface area contributed by atoms with Crippen molar-refractivity contribution in [2.75, 3.05) is 19.6 Å². The van der Waals surface area contributed by atoms with Crippen molar-refractivity contribution in [3.05, 3.63) is 0 Å². The molecule has 2 rings (SSSR count). The standard InChI is InChI=1S/C9H17NO/c1-3-10-6-8(2)11-9(7-10)4-5-9/h8H,3-7H2,1-2H3. The number of hydrogen-bond acceptors (Lipinski definition) is 2. The first-order valence-electron chi connectivity index (χ1n) is 4.64. The van der Waals surface area contributed by atoms with Crippen LogP contribution < -0.4 is 0 Å². The highest BCUT2D eigenvalue weighted by atomic mass is 16.5. The van der Waals surface area contributed by atoms with E-state index >= 15 is 0 Å². The van der Waals surface area contributed by atoms with Gasteiger partial charge in [-0.05, 0) is 26.3 Å². The topological polar surface area (TPSA) is 12.5 Å². The summed E-state index contributed by atoms with van der Waals surface area (Å²) in [5.41, 5.74) is 0.299. The van der Waals surface area contributed by atoms with E-state index in [1.54, 1.807) is 0 Å². The second-order valence-electron chi connectivity index (χ2n) is 3.94. The number of likely N-dealkylation sites (N-methyl/N-ethyl adjacent to an activating group) is 1. The van der Waals surface area contributed by atoms with E-state index in [0.29, 0.717) is 11.7 Å². The summed E-state index contributed by atoms with van der Waals surface area (Å²) in [7, 11) is 0. The first kappa shape index (κ1) is 7.56. The largest absolute Gasteiger partial charge is 0.369 e. The Morgan fingerprint density at radius 3 is 2.82 bits per heavy atom. The van der Waals surface area contributed by atoms with Gasteiger partial charge in [-0.15, -0.1) is 0 Å². The molecule has 2 fully saturated rings. The molecule has 0 aromatic heterocycles. The molecule has 2 aliphatic rings. The molecular weight excluding hydrogens is 138 g/mol. The smallest absolute Gasteiger partial charge is 0.0815 e. The molecule has 2 heteroatoms. The molecule has 1 saturated heterocycles. The van der Waals surface area contributed by atoms with Gasteiger partial charge in [-0.2, -0.15) is 0 Å². The van der Waals surface area contributed by atoms with Crippen LogP contribution in [0.1, 0.15) is 26.7 Å². The summed E-state index contributed by atoms with van der Waals surface area (Å²) < 4.78 is 5.88. The van der Waals surface area contributed by atoms with E-state index in [4.69, 9.17) is 4.74 Å². The number of nitrogens with zero attached hydrogens (tertiary/aromatic N) is 1. The summed E-state index contributed by atoms with van der Waals surface area (Å²) in [6.07, 6.45) is 3.02. The quantitative estimate of drug-likeness (QED) is 0.565. The van der Waals surface area contributed by atoms with Gasteiger partial charge in [0.05, 0.1) is 11.7 Å². The van der Waals surface area contributed by atoms with Crippen LogP contribution in [0.5, 0.6) is 0 Å². The normalized spacial score (nSPS) is 36.0. The van der Waals surface area contributed by atoms with E-state index in [-0.39, 0.29) is 0 Å². The monoisotopic (exact) mass is 155 g/mol. The average molecular weight is 155 g/mol. The van der Waals surface area contributed by atoms with E-state index in [1.165, 1.54) is 25.9 Å². The van der Waals surface area contributed by atoms with E-state index in [1.807, 2.05) is 0 Å². The third kappa shape index (κ3) is 1.42. The summed E-state index contributed by atoms with van der Waals surface area (Å²) in [6, 6.07) is 0. The fraction of sp³-hybridized carbons (Fsp3) is 1.00. The van der Waals surface area contributed by atoms with Crippen LogP contribution in [-0.2, 0) is 4.74 Å². The van der Waals surface area contributed by atoms with Crippen LogP contribution >= 0.6 is 0 Å². The van der Waals surface area contributed by atoms with Crippen molar-refractivity contribution in [3.63, 3.8) is 0 Å². The maximum atomic E-state index is 5.88. The van der Waals surface area contributed by atoms with Crippen molar-refractivity contribution in [1.82, 2.24) is 4.90 Å². The molecule has 11 heavy (non-hydrogen) atoms. The van der Waals surface area contributed by atoms with Crippen LogP contribution in [0.4, 0.5) is 0 Å². The molecule has 1 aliphatic heterocycles. The molecule has 0 amide bonds. The first-order chi connectivity index (χ1) is 5.24. The summed E-state index contributed by atoms with van der Waals surface area (Å²) in [5.74, 6) is 0. The van der Waals surface area contributed by atoms with Gasteiger partial charge in [0.2, 0.25) is 0 Å². The zero-order valence-electron chi connectivity index (χ0n) is 7.47. The Morgan fingerprint density at radius 2 is 2.27 bits per heavy atom.